The second kappa shape index (κ2) is 9.22. The van der Waals surface area contributed by atoms with E-state index in [4.69, 9.17) is 4.74 Å². The Kier molecular flexibility index (Phi) is 6.23. The number of hydrogen-bond acceptors (Lipinski definition) is 1. The highest BCUT2D eigenvalue weighted by molar-refractivity contribution is 5.72. The third kappa shape index (κ3) is 5.24. The second-order valence-corrected chi connectivity index (χ2v) is 8.53. The van der Waals surface area contributed by atoms with Gasteiger partial charge in [-0.3, -0.25) is 0 Å². The van der Waals surface area contributed by atoms with E-state index in [-0.39, 0.29) is 0 Å². The minimum Gasteiger partial charge on any atom is -0.457 e. The summed E-state index contributed by atoms with van der Waals surface area (Å²) in [7, 11) is 0. The van der Waals surface area contributed by atoms with Crippen molar-refractivity contribution < 1.29 is 4.74 Å². The van der Waals surface area contributed by atoms with Crippen molar-refractivity contribution in [2.45, 2.75) is 40.5 Å². The smallest absolute Gasteiger partial charge is 0.128 e. The summed E-state index contributed by atoms with van der Waals surface area (Å²) in [5.74, 6) is 1.73. The van der Waals surface area contributed by atoms with E-state index in [0.29, 0.717) is 0 Å². The standard InChI is InChI=1S/C30H30O/c1-21-5-11-25(12-6-21)14-15-26-13-9-23(3)29(19-26)30-20-28(18-10-24(30)4)31-27-16-7-22(2)8-17-27/h5-13,16-20H,14-15H2,1-4H3. The molecular formula is C30H30O. The predicted octanol–water partition coefficient (Wildman–Crippen LogP) is 8.16. The predicted molar refractivity (Wildman–Crippen MR) is 131 cm³/mol. The largest absolute Gasteiger partial charge is 0.457 e. The average Bonchev–Trinajstić information content (AvgIpc) is 2.77. The van der Waals surface area contributed by atoms with E-state index in [1.54, 1.807) is 0 Å². The molecule has 0 heterocycles. The van der Waals surface area contributed by atoms with Crippen LogP contribution in [-0.4, -0.2) is 0 Å². The van der Waals surface area contributed by atoms with Gasteiger partial charge in [0.1, 0.15) is 11.5 Å². The molecule has 0 aliphatic rings. The van der Waals surface area contributed by atoms with Crippen molar-refractivity contribution in [3.8, 4) is 22.6 Å². The Morgan fingerprint density at radius 1 is 0.484 bits per heavy atom. The fourth-order valence-electron chi connectivity index (χ4n) is 3.86. The van der Waals surface area contributed by atoms with Gasteiger partial charge in [-0.25, -0.2) is 0 Å². The molecule has 1 nitrogen and oxygen atoms in total. The highest BCUT2D eigenvalue weighted by Gasteiger charge is 2.09. The first-order chi connectivity index (χ1) is 15.0. The summed E-state index contributed by atoms with van der Waals surface area (Å²) < 4.78 is 6.14. The summed E-state index contributed by atoms with van der Waals surface area (Å²) in [6, 6.07) is 30.3. The van der Waals surface area contributed by atoms with Gasteiger partial charge < -0.3 is 4.74 Å². The van der Waals surface area contributed by atoms with Crippen LogP contribution < -0.4 is 4.74 Å². The molecule has 4 rings (SSSR count). The number of rotatable bonds is 6. The van der Waals surface area contributed by atoms with Crippen LogP contribution in [0.5, 0.6) is 11.5 Å². The monoisotopic (exact) mass is 406 g/mol. The van der Waals surface area contributed by atoms with Crippen LogP contribution >= 0.6 is 0 Å². The Labute approximate surface area is 186 Å². The van der Waals surface area contributed by atoms with Gasteiger partial charge in [0.25, 0.3) is 0 Å². The molecule has 1 heteroatoms. The summed E-state index contributed by atoms with van der Waals surface area (Å²) in [5.41, 5.74) is 10.4. The molecule has 0 aliphatic heterocycles. The zero-order chi connectivity index (χ0) is 21.8. The summed E-state index contributed by atoms with van der Waals surface area (Å²) >= 11 is 0. The molecule has 0 bridgehead atoms. The van der Waals surface area contributed by atoms with Crippen LogP contribution in [0.25, 0.3) is 11.1 Å². The Hall–Kier alpha value is -3.32. The van der Waals surface area contributed by atoms with Crippen molar-refractivity contribution in [3.05, 3.63) is 118 Å². The number of ether oxygens (including phenoxy) is 1. The van der Waals surface area contributed by atoms with Gasteiger partial charge in [-0.1, -0.05) is 71.8 Å². The normalized spacial score (nSPS) is 10.8. The minimum atomic E-state index is 0.865. The fraction of sp³-hybridized carbons (Fsp3) is 0.200. The van der Waals surface area contributed by atoms with Crippen LogP contribution in [0.3, 0.4) is 0 Å². The lowest BCUT2D eigenvalue weighted by Gasteiger charge is -2.14. The first-order valence-electron chi connectivity index (χ1n) is 11.0. The third-order valence-corrected chi connectivity index (χ3v) is 5.88. The maximum absolute atomic E-state index is 6.14. The lowest BCUT2D eigenvalue weighted by atomic mass is 9.93. The topological polar surface area (TPSA) is 9.23 Å². The molecule has 31 heavy (non-hydrogen) atoms. The molecule has 0 N–H and O–H groups in total. The van der Waals surface area contributed by atoms with Gasteiger partial charge in [-0.2, -0.15) is 0 Å². The molecule has 0 amide bonds. The molecule has 0 unspecified atom stereocenters. The Morgan fingerprint density at radius 2 is 0.968 bits per heavy atom. The Morgan fingerprint density at radius 3 is 1.65 bits per heavy atom. The maximum Gasteiger partial charge on any atom is 0.128 e. The first kappa shape index (κ1) is 20.9. The Bertz CT molecular complexity index is 1170. The van der Waals surface area contributed by atoms with Gasteiger partial charge in [0.05, 0.1) is 0 Å². The highest BCUT2D eigenvalue weighted by atomic mass is 16.5. The highest BCUT2D eigenvalue weighted by Crippen LogP contribution is 2.33. The minimum absolute atomic E-state index is 0.865. The zero-order valence-corrected chi connectivity index (χ0v) is 18.9. The van der Waals surface area contributed by atoms with E-state index in [0.717, 1.165) is 24.3 Å². The molecular weight excluding hydrogens is 376 g/mol. The summed E-state index contributed by atoms with van der Waals surface area (Å²) in [6.07, 6.45) is 2.09. The quantitative estimate of drug-likeness (QED) is 0.314. The molecule has 0 aromatic heterocycles. The van der Waals surface area contributed by atoms with Crippen LogP contribution in [0.4, 0.5) is 0 Å². The number of aryl methyl sites for hydroxylation is 6. The van der Waals surface area contributed by atoms with Crippen molar-refractivity contribution in [3.63, 3.8) is 0 Å². The molecule has 0 radical (unpaired) electrons. The third-order valence-electron chi connectivity index (χ3n) is 5.88. The van der Waals surface area contributed by atoms with E-state index in [1.807, 2.05) is 12.1 Å². The van der Waals surface area contributed by atoms with Gasteiger partial charge in [-0.15, -0.1) is 0 Å². The maximum atomic E-state index is 6.14. The second-order valence-electron chi connectivity index (χ2n) is 8.53. The zero-order valence-electron chi connectivity index (χ0n) is 18.9. The molecule has 4 aromatic carbocycles. The average molecular weight is 407 g/mol. The van der Waals surface area contributed by atoms with E-state index in [9.17, 15) is 0 Å². The van der Waals surface area contributed by atoms with Gasteiger partial charge >= 0.3 is 0 Å². The van der Waals surface area contributed by atoms with Crippen molar-refractivity contribution in [2.24, 2.45) is 0 Å². The van der Waals surface area contributed by atoms with Gasteiger partial charge in [-0.05, 0) is 98.2 Å². The Balaban J connectivity index is 1.58. The molecule has 156 valence electrons. The van der Waals surface area contributed by atoms with Crippen LogP contribution in [0, 0.1) is 27.7 Å². The molecule has 4 aromatic rings. The molecule has 0 fully saturated rings. The number of hydrogen-bond donors (Lipinski definition) is 0. The summed E-state index contributed by atoms with van der Waals surface area (Å²) in [5, 5.41) is 0. The lowest BCUT2D eigenvalue weighted by Crippen LogP contribution is -1.95. The summed E-state index contributed by atoms with van der Waals surface area (Å²) in [6.45, 7) is 8.58. The van der Waals surface area contributed by atoms with Crippen molar-refractivity contribution in [1.29, 1.82) is 0 Å². The van der Waals surface area contributed by atoms with Crippen LogP contribution in [0.2, 0.25) is 0 Å². The van der Waals surface area contributed by atoms with Crippen LogP contribution in [-0.2, 0) is 12.8 Å². The van der Waals surface area contributed by atoms with E-state index < -0.39 is 0 Å². The number of benzene rings is 4. The van der Waals surface area contributed by atoms with Crippen LogP contribution in [0.15, 0.2) is 84.9 Å². The first-order valence-corrected chi connectivity index (χ1v) is 11.0. The SMILES string of the molecule is Cc1ccc(CCc2ccc(C)c(-c3cc(Oc4ccc(C)cc4)ccc3C)c2)cc1. The van der Waals surface area contributed by atoms with Gasteiger partial charge in [0.2, 0.25) is 0 Å². The molecule has 0 aliphatic carbocycles. The van der Waals surface area contributed by atoms with E-state index in [2.05, 4.69) is 100 Å². The van der Waals surface area contributed by atoms with Crippen molar-refractivity contribution >= 4 is 0 Å². The van der Waals surface area contributed by atoms with E-state index >= 15 is 0 Å². The molecule has 0 atom stereocenters. The van der Waals surface area contributed by atoms with E-state index in [1.165, 1.54) is 44.5 Å². The summed E-state index contributed by atoms with van der Waals surface area (Å²) in [4.78, 5) is 0. The van der Waals surface area contributed by atoms with Crippen molar-refractivity contribution in [1.82, 2.24) is 0 Å². The molecule has 0 saturated heterocycles. The fourth-order valence-corrected chi connectivity index (χ4v) is 3.86. The van der Waals surface area contributed by atoms with Gasteiger partial charge in [0, 0.05) is 0 Å². The lowest BCUT2D eigenvalue weighted by molar-refractivity contribution is 0.482. The van der Waals surface area contributed by atoms with Gasteiger partial charge in [0.15, 0.2) is 0 Å². The molecule has 0 spiro atoms. The van der Waals surface area contributed by atoms with Crippen molar-refractivity contribution in [2.75, 3.05) is 0 Å². The molecule has 0 saturated carbocycles. The van der Waals surface area contributed by atoms with Crippen LogP contribution in [0.1, 0.15) is 33.4 Å².